The number of hydrogen-bond donors (Lipinski definition) is 0. The predicted octanol–water partition coefficient (Wildman–Crippen LogP) is 0.489. The van der Waals surface area contributed by atoms with Crippen LogP contribution in [0.4, 0.5) is 0 Å². The average molecular weight is 350 g/mol. The Bertz CT molecular complexity index is 689. The quantitative estimate of drug-likeness (QED) is 0.670. The zero-order valence-corrected chi connectivity index (χ0v) is 14.5. The van der Waals surface area contributed by atoms with Gasteiger partial charge in [0.25, 0.3) is 0 Å². The van der Waals surface area contributed by atoms with Gasteiger partial charge in [0.1, 0.15) is 6.10 Å². The Morgan fingerprint density at radius 1 is 1.08 bits per heavy atom. The first-order valence-corrected chi connectivity index (χ1v) is 8.94. The van der Waals surface area contributed by atoms with E-state index in [1.165, 1.54) is 14.2 Å². The molecule has 0 amide bonds. The van der Waals surface area contributed by atoms with E-state index in [0.717, 1.165) is 19.3 Å². The molecule has 1 saturated carbocycles. The third-order valence-electron chi connectivity index (χ3n) is 7.69. The smallest absolute Gasteiger partial charge is 0.312 e. The lowest BCUT2D eigenvalue weighted by molar-refractivity contribution is -0.161. The van der Waals surface area contributed by atoms with Gasteiger partial charge >= 0.3 is 11.9 Å². The van der Waals surface area contributed by atoms with E-state index >= 15 is 0 Å². The topological polar surface area (TPSA) is 88.1 Å². The molecule has 1 spiro atoms. The van der Waals surface area contributed by atoms with Gasteiger partial charge in [-0.05, 0) is 26.2 Å². The molecule has 4 aliphatic heterocycles. The summed E-state index contributed by atoms with van der Waals surface area (Å²) in [5, 5.41) is 0. The number of carbonyl (C=O) groups is 3. The van der Waals surface area contributed by atoms with Crippen LogP contribution in [0.3, 0.4) is 0 Å². The second kappa shape index (κ2) is 4.62. The fourth-order valence-electron chi connectivity index (χ4n) is 6.76. The fourth-order valence-corrected chi connectivity index (χ4v) is 6.76. The molecule has 9 atom stereocenters. The molecular formula is C18H22O7. The number of ketones is 1. The van der Waals surface area contributed by atoms with E-state index in [4.69, 9.17) is 18.9 Å². The number of hydrogen-bond acceptors (Lipinski definition) is 7. The Kier molecular flexibility index (Phi) is 2.91. The summed E-state index contributed by atoms with van der Waals surface area (Å²) in [7, 11) is 2.62. The molecule has 5 rings (SSSR count). The lowest BCUT2D eigenvalue weighted by Crippen LogP contribution is -2.60. The number of esters is 2. The van der Waals surface area contributed by atoms with Crippen molar-refractivity contribution in [2.45, 2.75) is 50.1 Å². The molecular weight excluding hydrogens is 328 g/mol. The summed E-state index contributed by atoms with van der Waals surface area (Å²) in [5.41, 5.74) is -1.07. The number of fused-ring (bicyclic) bond motifs is 7. The van der Waals surface area contributed by atoms with Crippen LogP contribution in [0.15, 0.2) is 0 Å². The van der Waals surface area contributed by atoms with Crippen LogP contribution in [-0.2, 0) is 33.3 Å². The second-order valence-electron chi connectivity index (χ2n) is 8.24. The first-order chi connectivity index (χ1) is 11.9. The molecule has 7 nitrogen and oxygen atoms in total. The van der Waals surface area contributed by atoms with Crippen molar-refractivity contribution < 1.29 is 33.3 Å². The molecule has 25 heavy (non-hydrogen) atoms. The van der Waals surface area contributed by atoms with E-state index in [1.807, 2.05) is 6.92 Å². The van der Waals surface area contributed by atoms with Crippen molar-refractivity contribution in [2.75, 3.05) is 14.2 Å². The van der Waals surface area contributed by atoms with Crippen molar-refractivity contribution in [3.05, 3.63) is 0 Å². The number of ether oxygens (including phenoxy) is 4. The number of methoxy groups -OCH3 is 2. The summed E-state index contributed by atoms with van der Waals surface area (Å²) < 4.78 is 22.4. The summed E-state index contributed by atoms with van der Waals surface area (Å²) >= 11 is 0. The Hall–Kier alpha value is -1.47. The normalized spacial score (nSPS) is 54.5. The summed E-state index contributed by atoms with van der Waals surface area (Å²) in [6.45, 7) is 2.00. The van der Waals surface area contributed by atoms with Crippen LogP contribution in [0.1, 0.15) is 26.2 Å². The van der Waals surface area contributed by atoms with Gasteiger partial charge in [-0.2, -0.15) is 0 Å². The predicted molar refractivity (Wildman–Crippen MR) is 81.2 cm³/mol. The van der Waals surface area contributed by atoms with E-state index in [0.29, 0.717) is 0 Å². The number of rotatable bonds is 2. The maximum absolute atomic E-state index is 13.0. The average Bonchev–Trinajstić information content (AvgIpc) is 3.36. The molecule has 0 radical (unpaired) electrons. The molecule has 0 aromatic carbocycles. The molecule has 0 N–H and O–H groups in total. The maximum Gasteiger partial charge on any atom is 0.312 e. The molecule has 0 aromatic heterocycles. The third kappa shape index (κ3) is 1.46. The lowest BCUT2D eigenvalue weighted by atomic mass is 9.53. The van der Waals surface area contributed by atoms with Gasteiger partial charge in [0.15, 0.2) is 5.78 Å². The van der Waals surface area contributed by atoms with E-state index < -0.39 is 53.1 Å². The van der Waals surface area contributed by atoms with Crippen molar-refractivity contribution in [2.24, 2.45) is 29.1 Å². The zero-order chi connectivity index (χ0) is 17.7. The van der Waals surface area contributed by atoms with Crippen molar-refractivity contribution in [1.29, 1.82) is 0 Å². The molecule has 4 heterocycles. The van der Waals surface area contributed by atoms with Crippen LogP contribution < -0.4 is 0 Å². The second-order valence-corrected chi connectivity index (χ2v) is 8.24. The number of Topliss-reactive ketones (excluding diaryl/α,β-unsaturated/α-hetero) is 1. The van der Waals surface area contributed by atoms with Crippen LogP contribution in [0, 0.1) is 29.1 Å². The Balaban J connectivity index is 1.61. The Morgan fingerprint density at radius 2 is 1.72 bits per heavy atom. The SMILES string of the molecule is COC(=O)[C@@H]1[C@H]2O[C@@H]([C@@H]1C(=O)OC)[C@H]1[C@@H]2[C@]23CCC[C@@]2(C)C(=O)[C@H]1O3. The van der Waals surface area contributed by atoms with Gasteiger partial charge in [-0.15, -0.1) is 0 Å². The molecule has 136 valence electrons. The van der Waals surface area contributed by atoms with Gasteiger partial charge in [-0.3, -0.25) is 14.4 Å². The Labute approximate surface area is 145 Å². The summed E-state index contributed by atoms with van der Waals surface area (Å²) in [5.74, 6) is -2.44. The molecule has 0 unspecified atom stereocenters. The van der Waals surface area contributed by atoms with E-state index in [9.17, 15) is 14.4 Å². The van der Waals surface area contributed by atoms with Crippen LogP contribution in [0.5, 0.6) is 0 Å². The van der Waals surface area contributed by atoms with Gasteiger partial charge in [0, 0.05) is 11.8 Å². The highest BCUT2D eigenvalue weighted by Crippen LogP contribution is 2.72. The van der Waals surface area contributed by atoms with Gasteiger partial charge in [0.2, 0.25) is 0 Å². The molecule has 7 heteroatoms. The minimum absolute atomic E-state index is 0.0438. The molecule has 5 aliphatic rings. The standard InChI is InChI=1S/C18H22O7/c1-17-5-4-6-18(17)10-9(13(25-18)14(17)19)11-7(15(20)22-2)8(12(10)24-11)16(21)23-3/h7-13H,4-6H2,1-3H3/t7-,8+,9-,10+,11+,12-,13+,17+,18-/m1/s1. The lowest BCUT2D eigenvalue weighted by Gasteiger charge is -2.45. The third-order valence-corrected chi connectivity index (χ3v) is 7.69. The highest BCUT2D eigenvalue weighted by atomic mass is 16.6. The molecule has 4 saturated heterocycles. The van der Waals surface area contributed by atoms with Crippen molar-refractivity contribution in [3.63, 3.8) is 0 Å². The largest absolute Gasteiger partial charge is 0.469 e. The van der Waals surface area contributed by atoms with Crippen LogP contribution >= 0.6 is 0 Å². The molecule has 0 aromatic rings. The minimum atomic E-state index is -0.733. The van der Waals surface area contributed by atoms with E-state index in [-0.39, 0.29) is 17.6 Å². The van der Waals surface area contributed by atoms with Crippen molar-refractivity contribution >= 4 is 17.7 Å². The zero-order valence-electron chi connectivity index (χ0n) is 14.5. The fraction of sp³-hybridized carbons (Fsp3) is 0.833. The van der Waals surface area contributed by atoms with Gasteiger partial charge in [0.05, 0.1) is 49.3 Å². The first kappa shape index (κ1) is 15.8. The van der Waals surface area contributed by atoms with E-state index in [2.05, 4.69) is 0 Å². The van der Waals surface area contributed by atoms with Crippen LogP contribution in [-0.4, -0.2) is 55.9 Å². The van der Waals surface area contributed by atoms with Gasteiger partial charge in [-0.25, -0.2) is 0 Å². The molecule has 1 aliphatic carbocycles. The summed E-state index contributed by atoms with van der Waals surface area (Å²) in [6, 6.07) is 0. The summed E-state index contributed by atoms with van der Waals surface area (Å²) in [6.07, 6.45) is 1.03. The maximum atomic E-state index is 13.0. The molecule has 5 fully saturated rings. The highest BCUT2D eigenvalue weighted by Gasteiger charge is 2.83. The van der Waals surface area contributed by atoms with Gasteiger partial charge < -0.3 is 18.9 Å². The molecule has 4 bridgehead atoms. The first-order valence-electron chi connectivity index (χ1n) is 8.94. The van der Waals surface area contributed by atoms with Crippen molar-refractivity contribution in [1.82, 2.24) is 0 Å². The summed E-state index contributed by atoms with van der Waals surface area (Å²) in [4.78, 5) is 37.8. The Morgan fingerprint density at radius 3 is 2.36 bits per heavy atom. The van der Waals surface area contributed by atoms with E-state index in [1.54, 1.807) is 0 Å². The van der Waals surface area contributed by atoms with Gasteiger partial charge in [-0.1, -0.05) is 0 Å². The van der Waals surface area contributed by atoms with Crippen LogP contribution in [0.2, 0.25) is 0 Å². The number of carbonyl (C=O) groups excluding carboxylic acids is 3. The minimum Gasteiger partial charge on any atom is -0.469 e. The van der Waals surface area contributed by atoms with Crippen molar-refractivity contribution in [3.8, 4) is 0 Å². The monoisotopic (exact) mass is 350 g/mol. The highest BCUT2D eigenvalue weighted by molar-refractivity contribution is 5.95. The van der Waals surface area contributed by atoms with Crippen LogP contribution in [0.25, 0.3) is 0 Å².